The Labute approximate surface area is 202 Å². The lowest BCUT2D eigenvalue weighted by Crippen LogP contribution is -2.48. The highest BCUT2D eigenvalue weighted by atomic mass is 35.5. The first-order chi connectivity index (χ1) is 15.7. The molecule has 2 unspecified atom stereocenters. The van der Waals surface area contributed by atoms with E-state index in [1.165, 1.54) is 0 Å². The average molecular weight is 476 g/mol. The van der Waals surface area contributed by atoms with Crippen molar-refractivity contribution in [3.8, 4) is 0 Å². The Morgan fingerprint density at radius 2 is 1.52 bits per heavy atom. The van der Waals surface area contributed by atoms with Crippen molar-refractivity contribution in [1.82, 2.24) is 9.97 Å². The first-order valence-corrected chi connectivity index (χ1v) is 11.9. The number of fused-ring (bicyclic) bond motifs is 7. The summed E-state index contributed by atoms with van der Waals surface area (Å²) < 4.78 is 0. The van der Waals surface area contributed by atoms with E-state index < -0.39 is 5.41 Å². The number of nitrogens with zero attached hydrogens (tertiary/aromatic N) is 2. The summed E-state index contributed by atoms with van der Waals surface area (Å²) in [7, 11) is 0. The van der Waals surface area contributed by atoms with E-state index >= 15 is 0 Å². The highest BCUT2D eigenvalue weighted by Gasteiger charge is 2.73. The van der Waals surface area contributed by atoms with E-state index in [9.17, 15) is 4.79 Å². The molecule has 6 rings (SSSR count). The minimum atomic E-state index is -0.790. The van der Waals surface area contributed by atoms with Gasteiger partial charge < -0.3 is 5.32 Å². The molecule has 2 atom stereocenters. The fourth-order valence-electron chi connectivity index (χ4n) is 6.16. The highest BCUT2D eigenvalue weighted by molar-refractivity contribution is 6.42. The number of benzene rings is 3. The smallest absolute Gasteiger partial charge is 0.237 e. The van der Waals surface area contributed by atoms with Gasteiger partial charge in [0.05, 0.1) is 37.9 Å². The van der Waals surface area contributed by atoms with E-state index in [1.807, 2.05) is 30.3 Å². The van der Waals surface area contributed by atoms with Crippen molar-refractivity contribution in [2.75, 3.05) is 5.32 Å². The molecule has 166 valence electrons. The summed E-state index contributed by atoms with van der Waals surface area (Å²) in [6.45, 7) is 6.57. The molecular formula is C27H23Cl2N3O. The van der Waals surface area contributed by atoms with E-state index in [0.717, 1.165) is 40.7 Å². The van der Waals surface area contributed by atoms with E-state index in [1.54, 1.807) is 12.1 Å². The molecule has 1 N–H and O–H groups in total. The van der Waals surface area contributed by atoms with Crippen molar-refractivity contribution < 1.29 is 4.79 Å². The van der Waals surface area contributed by atoms with Gasteiger partial charge in [-0.3, -0.25) is 4.79 Å². The monoisotopic (exact) mass is 475 g/mol. The minimum Gasteiger partial charge on any atom is -0.325 e. The van der Waals surface area contributed by atoms with Gasteiger partial charge >= 0.3 is 0 Å². The van der Waals surface area contributed by atoms with Crippen molar-refractivity contribution in [2.24, 2.45) is 5.41 Å². The van der Waals surface area contributed by atoms with Crippen LogP contribution in [0.1, 0.15) is 45.0 Å². The van der Waals surface area contributed by atoms with Crippen LogP contribution in [-0.4, -0.2) is 15.9 Å². The van der Waals surface area contributed by atoms with Crippen molar-refractivity contribution in [2.45, 2.75) is 44.4 Å². The number of nitrogens with one attached hydrogen (secondary N) is 1. The van der Waals surface area contributed by atoms with Crippen LogP contribution < -0.4 is 5.32 Å². The molecule has 1 saturated carbocycles. The predicted molar refractivity (Wildman–Crippen MR) is 134 cm³/mol. The molecule has 1 heterocycles. The van der Waals surface area contributed by atoms with Crippen LogP contribution in [0.2, 0.25) is 10.0 Å². The zero-order chi connectivity index (χ0) is 23.2. The number of halogens is 2. The molecular weight excluding hydrogens is 453 g/mol. The summed E-state index contributed by atoms with van der Waals surface area (Å²) in [5.74, 6) is -0.0277. The lowest BCUT2D eigenvalue weighted by Gasteiger charge is -2.39. The van der Waals surface area contributed by atoms with Crippen molar-refractivity contribution in [1.29, 1.82) is 0 Å². The Balaban J connectivity index is 1.55. The largest absolute Gasteiger partial charge is 0.325 e. The van der Waals surface area contributed by atoms with Crippen molar-refractivity contribution in [3.63, 3.8) is 0 Å². The van der Waals surface area contributed by atoms with Gasteiger partial charge in [-0.15, -0.1) is 0 Å². The molecule has 3 aromatic carbocycles. The highest BCUT2D eigenvalue weighted by Crippen LogP contribution is 2.70. The number of carbonyl (C=O) groups excluding carboxylic acids is 1. The van der Waals surface area contributed by atoms with Crippen molar-refractivity contribution >= 4 is 56.6 Å². The molecule has 0 aliphatic heterocycles. The fraction of sp³-hybridized carbons (Fsp3) is 0.296. The topological polar surface area (TPSA) is 54.9 Å². The molecule has 4 nitrogen and oxygen atoms in total. The molecule has 4 aromatic rings. The van der Waals surface area contributed by atoms with E-state index in [4.69, 9.17) is 33.2 Å². The standard InChI is InChI=1S/C27H23Cl2N3O/c1-25(2)26(3)11-12-27(25,23-22(26)30-20-13-17(28)18(29)14-21(20)31-23)24(33)32-19-10-6-8-15-7-4-5-9-16(15)19/h4-10,13-14H,11-12H2,1-3H3,(H,32,33). The Kier molecular flexibility index (Phi) is 4.23. The molecule has 1 fully saturated rings. The minimum absolute atomic E-state index is 0.0277. The molecule has 1 amide bonds. The fourth-order valence-corrected chi connectivity index (χ4v) is 6.48. The normalized spacial score (nSPS) is 24.9. The van der Waals surface area contributed by atoms with Crippen LogP contribution in [0.15, 0.2) is 54.6 Å². The summed E-state index contributed by atoms with van der Waals surface area (Å²) >= 11 is 12.5. The second-order valence-corrected chi connectivity index (χ2v) is 10.8. The summed E-state index contributed by atoms with van der Waals surface area (Å²) in [5.41, 5.74) is 2.41. The first-order valence-electron chi connectivity index (χ1n) is 11.2. The van der Waals surface area contributed by atoms with Gasteiger partial charge in [-0.05, 0) is 41.8 Å². The van der Waals surface area contributed by atoms with Crippen LogP contribution >= 0.6 is 23.2 Å². The van der Waals surface area contributed by atoms with Gasteiger partial charge in [-0.25, -0.2) is 9.97 Å². The third kappa shape index (κ3) is 2.51. The number of hydrogen-bond donors (Lipinski definition) is 1. The van der Waals surface area contributed by atoms with Crippen LogP contribution in [0.25, 0.3) is 21.8 Å². The number of carbonyl (C=O) groups is 1. The van der Waals surface area contributed by atoms with E-state index in [2.05, 4.69) is 38.2 Å². The zero-order valence-corrected chi connectivity index (χ0v) is 20.2. The average Bonchev–Trinajstić information content (AvgIpc) is 3.08. The number of rotatable bonds is 2. The van der Waals surface area contributed by atoms with Gasteiger partial charge in [-0.1, -0.05) is 80.4 Å². The molecule has 2 aliphatic rings. The Morgan fingerprint density at radius 1 is 0.879 bits per heavy atom. The van der Waals surface area contributed by atoms with Crippen LogP contribution in [0.5, 0.6) is 0 Å². The van der Waals surface area contributed by atoms with E-state index in [0.29, 0.717) is 21.1 Å². The number of hydrogen-bond acceptors (Lipinski definition) is 3. The number of anilines is 1. The summed E-state index contributed by atoms with van der Waals surface area (Å²) in [6.07, 6.45) is 1.60. The lowest BCUT2D eigenvalue weighted by molar-refractivity contribution is -0.125. The van der Waals surface area contributed by atoms with Crippen LogP contribution in [0.4, 0.5) is 5.69 Å². The third-order valence-corrected chi connectivity index (χ3v) is 9.23. The molecule has 6 heteroatoms. The van der Waals surface area contributed by atoms with Gasteiger partial charge in [0, 0.05) is 16.5 Å². The Morgan fingerprint density at radius 3 is 2.24 bits per heavy atom. The quantitative estimate of drug-likeness (QED) is 0.337. The Bertz CT molecular complexity index is 1490. The second-order valence-electron chi connectivity index (χ2n) is 10.0. The van der Waals surface area contributed by atoms with Gasteiger partial charge in [0.15, 0.2) is 0 Å². The van der Waals surface area contributed by atoms with Gasteiger partial charge in [0.25, 0.3) is 0 Å². The molecule has 2 aliphatic carbocycles. The maximum atomic E-state index is 14.2. The molecule has 2 bridgehead atoms. The SMILES string of the molecule is CC12CCC(C(=O)Nc3cccc4ccccc34)(c3nc4cc(Cl)c(Cl)cc4nc31)C2(C)C. The van der Waals surface area contributed by atoms with E-state index in [-0.39, 0.29) is 16.7 Å². The van der Waals surface area contributed by atoms with Gasteiger partial charge in [0.2, 0.25) is 5.91 Å². The predicted octanol–water partition coefficient (Wildman–Crippen LogP) is 7.06. The number of amides is 1. The maximum Gasteiger partial charge on any atom is 0.237 e. The van der Waals surface area contributed by atoms with Crippen molar-refractivity contribution in [3.05, 3.63) is 76.0 Å². The zero-order valence-electron chi connectivity index (χ0n) is 18.7. The molecule has 1 aromatic heterocycles. The first kappa shape index (κ1) is 20.9. The molecule has 0 spiro atoms. The Hall–Kier alpha value is -2.69. The maximum absolute atomic E-state index is 14.2. The van der Waals surface area contributed by atoms with Crippen LogP contribution in [0, 0.1) is 5.41 Å². The third-order valence-electron chi connectivity index (χ3n) is 8.51. The second kappa shape index (κ2) is 6.68. The van der Waals surface area contributed by atoms with Crippen LogP contribution in [-0.2, 0) is 15.6 Å². The summed E-state index contributed by atoms with van der Waals surface area (Å²) in [6, 6.07) is 17.6. The summed E-state index contributed by atoms with van der Waals surface area (Å²) in [4.78, 5) is 24.2. The number of aromatic nitrogens is 2. The lowest BCUT2D eigenvalue weighted by atomic mass is 9.63. The summed E-state index contributed by atoms with van der Waals surface area (Å²) in [5, 5.41) is 6.27. The molecule has 33 heavy (non-hydrogen) atoms. The van der Waals surface area contributed by atoms with Gasteiger partial charge in [0.1, 0.15) is 0 Å². The van der Waals surface area contributed by atoms with Gasteiger partial charge in [-0.2, -0.15) is 0 Å². The van der Waals surface area contributed by atoms with Crippen LogP contribution in [0.3, 0.4) is 0 Å². The molecule has 0 saturated heterocycles. The molecule has 0 radical (unpaired) electrons.